The molecule has 1 aromatic rings. The number of pyridine rings is 1. The summed E-state index contributed by atoms with van der Waals surface area (Å²) in [6, 6.07) is 0.470. The van der Waals surface area contributed by atoms with E-state index >= 15 is 0 Å². The zero-order chi connectivity index (χ0) is 14.6. The Hall–Kier alpha value is -2.32. The molecule has 1 rings (SSSR count). The average molecular weight is 276 g/mol. The van der Waals surface area contributed by atoms with Crippen molar-refractivity contribution in [2.75, 3.05) is 6.61 Å². The number of nitrogens with zero attached hydrogens (tertiary/aromatic N) is 1. The van der Waals surface area contributed by atoms with Crippen LogP contribution in [0.5, 0.6) is 0 Å². The molecule has 104 valence electrons. The van der Waals surface area contributed by atoms with Crippen molar-refractivity contribution in [3.05, 3.63) is 37.8 Å². The van der Waals surface area contributed by atoms with Gasteiger partial charge in [-0.25, -0.2) is 8.78 Å². The molecule has 7 nitrogen and oxygen atoms in total. The number of halogens is 2. The molecule has 0 aromatic carbocycles. The molecule has 0 spiro atoms. The van der Waals surface area contributed by atoms with Gasteiger partial charge in [0.05, 0.1) is 23.5 Å². The number of rotatable bonds is 5. The molecule has 1 heterocycles. The minimum Gasteiger partial charge on any atom is -0.466 e. The summed E-state index contributed by atoms with van der Waals surface area (Å²) in [5.74, 6) is -0.800. The Balaban J connectivity index is 3.24. The van der Waals surface area contributed by atoms with Gasteiger partial charge in [0.15, 0.2) is 0 Å². The summed E-state index contributed by atoms with van der Waals surface area (Å²) < 4.78 is 29.5. The molecular weight excluding hydrogens is 266 g/mol. The molecular formula is C10H10F2N2O5. The van der Waals surface area contributed by atoms with E-state index in [0.29, 0.717) is 6.07 Å². The van der Waals surface area contributed by atoms with E-state index in [1.54, 1.807) is 0 Å². The number of nitrogens with one attached hydrogen (secondary N) is 1. The van der Waals surface area contributed by atoms with Gasteiger partial charge in [-0.05, 0) is 6.92 Å². The molecule has 19 heavy (non-hydrogen) atoms. The lowest BCUT2D eigenvalue weighted by Gasteiger charge is -2.05. The Morgan fingerprint density at radius 1 is 1.58 bits per heavy atom. The fourth-order valence-corrected chi connectivity index (χ4v) is 1.39. The van der Waals surface area contributed by atoms with E-state index in [1.807, 2.05) is 4.98 Å². The van der Waals surface area contributed by atoms with Gasteiger partial charge >= 0.3 is 5.97 Å². The highest BCUT2D eigenvalue weighted by molar-refractivity contribution is 5.73. The summed E-state index contributed by atoms with van der Waals surface area (Å²) in [6.45, 7) is 1.60. The number of alkyl halides is 2. The summed E-state index contributed by atoms with van der Waals surface area (Å²) in [7, 11) is 0. The molecule has 0 saturated heterocycles. The summed E-state index contributed by atoms with van der Waals surface area (Å²) in [4.78, 5) is 34.2. The minimum atomic E-state index is -3.14. The van der Waals surface area contributed by atoms with Crippen LogP contribution >= 0.6 is 0 Å². The fraction of sp³-hybridized carbons (Fsp3) is 0.400. The molecule has 0 aliphatic carbocycles. The lowest BCUT2D eigenvalue weighted by molar-refractivity contribution is -0.386. The van der Waals surface area contributed by atoms with Gasteiger partial charge in [0.1, 0.15) is 5.69 Å². The number of carbonyl (C=O) groups excluding carboxylic acids is 1. The second-order valence-electron chi connectivity index (χ2n) is 3.46. The van der Waals surface area contributed by atoms with Gasteiger partial charge in [-0.2, -0.15) is 0 Å². The molecule has 0 radical (unpaired) electrons. The first-order valence-electron chi connectivity index (χ1n) is 5.21. The van der Waals surface area contributed by atoms with Crippen LogP contribution in [0.2, 0.25) is 0 Å². The average Bonchev–Trinajstić information content (AvgIpc) is 2.28. The quantitative estimate of drug-likeness (QED) is 0.496. The van der Waals surface area contributed by atoms with Crippen molar-refractivity contribution < 1.29 is 23.2 Å². The van der Waals surface area contributed by atoms with Crippen LogP contribution in [0.3, 0.4) is 0 Å². The maximum absolute atomic E-state index is 12.5. The van der Waals surface area contributed by atoms with Crippen molar-refractivity contribution >= 4 is 11.7 Å². The van der Waals surface area contributed by atoms with E-state index in [-0.39, 0.29) is 12.3 Å². The number of esters is 1. The molecule has 0 saturated carbocycles. The third kappa shape index (κ3) is 3.57. The van der Waals surface area contributed by atoms with E-state index < -0.39 is 40.5 Å². The van der Waals surface area contributed by atoms with Gasteiger partial charge in [-0.15, -0.1) is 0 Å². The van der Waals surface area contributed by atoms with Crippen molar-refractivity contribution in [2.24, 2.45) is 0 Å². The predicted molar refractivity (Wildman–Crippen MR) is 59.0 cm³/mol. The van der Waals surface area contributed by atoms with Gasteiger partial charge in [0, 0.05) is 6.07 Å². The molecule has 0 aliphatic heterocycles. The molecule has 0 unspecified atom stereocenters. The lowest BCUT2D eigenvalue weighted by Crippen LogP contribution is -2.19. The lowest BCUT2D eigenvalue weighted by atomic mass is 10.2. The summed E-state index contributed by atoms with van der Waals surface area (Å²) in [5, 5.41) is 10.7. The first kappa shape index (κ1) is 14.7. The van der Waals surface area contributed by atoms with Crippen LogP contribution in [-0.4, -0.2) is 22.5 Å². The molecule has 1 aromatic heterocycles. The molecule has 0 bridgehead atoms. The molecule has 9 heteroatoms. The fourth-order valence-electron chi connectivity index (χ4n) is 1.39. The normalized spacial score (nSPS) is 10.5. The largest absolute Gasteiger partial charge is 0.466 e. The van der Waals surface area contributed by atoms with Crippen molar-refractivity contribution in [1.82, 2.24) is 4.98 Å². The zero-order valence-corrected chi connectivity index (χ0v) is 9.81. The third-order valence-corrected chi connectivity index (χ3v) is 2.19. The molecule has 1 N–H and O–H groups in total. The van der Waals surface area contributed by atoms with E-state index in [2.05, 4.69) is 4.74 Å². The number of ether oxygens (including phenoxy) is 1. The van der Waals surface area contributed by atoms with Crippen molar-refractivity contribution in [2.45, 2.75) is 19.8 Å². The highest BCUT2D eigenvalue weighted by Gasteiger charge is 2.24. The van der Waals surface area contributed by atoms with E-state index in [0.717, 1.165) is 0 Å². The number of hydrogen-bond donors (Lipinski definition) is 1. The van der Waals surface area contributed by atoms with Gasteiger partial charge in [-0.1, -0.05) is 0 Å². The Kier molecular flexibility index (Phi) is 4.67. The Labute approximate surface area is 105 Å². The van der Waals surface area contributed by atoms with Crippen molar-refractivity contribution in [1.29, 1.82) is 0 Å². The SMILES string of the molecule is CCOC(=O)Cc1[nH]c(=O)c(C(F)F)cc1[N+](=O)[O-]. The van der Waals surface area contributed by atoms with Crippen LogP contribution < -0.4 is 5.56 Å². The molecule has 0 amide bonds. The maximum atomic E-state index is 12.5. The standard InChI is InChI=1S/C10H10F2N2O5/c1-2-19-8(15)4-6-7(14(17)18)3-5(9(11)12)10(16)13-6/h3,9H,2,4H2,1H3,(H,13,16). The van der Waals surface area contributed by atoms with Crippen molar-refractivity contribution in [3.8, 4) is 0 Å². The number of hydrogen-bond acceptors (Lipinski definition) is 5. The zero-order valence-electron chi connectivity index (χ0n) is 9.81. The number of aromatic nitrogens is 1. The minimum absolute atomic E-state index is 0.0615. The number of aromatic amines is 1. The third-order valence-electron chi connectivity index (χ3n) is 2.19. The smallest absolute Gasteiger partial charge is 0.312 e. The van der Waals surface area contributed by atoms with Gasteiger partial charge in [0.25, 0.3) is 17.7 Å². The monoisotopic (exact) mass is 276 g/mol. The highest BCUT2D eigenvalue weighted by atomic mass is 19.3. The van der Waals surface area contributed by atoms with Crippen LogP contribution in [0, 0.1) is 10.1 Å². The first-order chi connectivity index (χ1) is 8.86. The van der Waals surface area contributed by atoms with Crippen molar-refractivity contribution in [3.63, 3.8) is 0 Å². The Morgan fingerprint density at radius 2 is 2.21 bits per heavy atom. The number of carbonyl (C=O) groups is 1. The molecule has 0 atom stereocenters. The highest BCUT2D eigenvalue weighted by Crippen LogP contribution is 2.22. The Bertz CT molecular complexity index is 555. The van der Waals surface area contributed by atoms with Crippen LogP contribution in [0.15, 0.2) is 10.9 Å². The first-order valence-corrected chi connectivity index (χ1v) is 5.21. The summed E-state index contributed by atoms with van der Waals surface area (Å²) in [5.41, 5.74) is -3.29. The van der Waals surface area contributed by atoms with E-state index in [1.165, 1.54) is 6.92 Å². The topological polar surface area (TPSA) is 102 Å². The maximum Gasteiger partial charge on any atom is 0.312 e. The van der Waals surface area contributed by atoms with Gasteiger partial charge < -0.3 is 9.72 Å². The summed E-state index contributed by atoms with van der Waals surface area (Å²) in [6.07, 6.45) is -3.71. The second-order valence-corrected chi connectivity index (χ2v) is 3.46. The second kappa shape index (κ2) is 6.03. The van der Waals surface area contributed by atoms with E-state index in [9.17, 15) is 28.5 Å². The van der Waals surface area contributed by atoms with Crippen LogP contribution in [0.4, 0.5) is 14.5 Å². The predicted octanol–water partition coefficient (Wildman–Crippen LogP) is 1.33. The number of H-pyrrole nitrogens is 1. The van der Waals surface area contributed by atoms with E-state index in [4.69, 9.17) is 0 Å². The van der Waals surface area contributed by atoms with Crippen LogP contribution in [-0.2, 0) is 16.0 Å². The number of nitro groups is 1. The van der Waals surface area contributed by atoms with Gasteiger partial charge in [-0.3, -0.25) is 19.7 Å². The van der Waals surface area contributed by atoms with Crippen LogP contribution in [0.1, 0.15) is 24.6 Å². The van der Waals surface area contributed by atoms with Gasteiger partial charge in [0.2, 0.25) is 0 Å². The molecule has 0 fully saturated rings. The Morgan fingerprint density at radius 3 is 2.68 bits per heavy atom. The summed E-state index contributed by atoms with van der Waals surface area (Å²) >= 11 is 0. The molecule has 0 aliphatic rings. The van der Waals surface area contributed by atoms with Crippen LogP contribution in [0.25, 0.3) is 0 Å².